The molecule has 5 heteroatoms. The van der Waals surface area contributed by atoms with Crippen LogP contribution in [0.2, 0.25) is 0 Å². The number of ether oxygens (including phenoxy) is 3. The van der Waals surface area contributed by atoms with Gasteiger partial charge < -0.3 is 14.2 Å². The van der Waals surface area contributed by atoms with E-state index in [1.54, 1.807) is 42.5 Å². The highest BCUT2D eigenvalue weighted by Gasteiger charge is 2.12. The first-order chi connectivity index (χ1) is 15.7. The van der Waals surface area contributed by atoms with Crippen LogP contribution in [0.1, 0.15) is 52.5 Å². The van der Waals surface area contributed by atoms with Gasteiger partial charge in [0, 0.05) is 0 Å². The highest BCUT2D eigenvalue weighted by atomic mass is 16.5. The van der Waals surface area contributed by atoms with E-state index in [-0.39, 0.29) is 0 Å². The minimum absolute atomic E-state index is 0.348. The van der Waals surface area contributed by atoms with Crippen molar-refractivity contribution in [1.29, 1.82) is 0 Å². The van der Waals surface area contributed by atoms with E-state index >= 15 is 0 Å². The van der Waals surface area contributed by atoms with Gasteiger partial charge in [-0.05, 0) is 67.3 Å². The third-order valence-electron chi connectivity index (χ3n) is 4.82. The smallest absolute Gasteiger partial charge is 0.343 e. The van der Waals surface area contributed by atoms with Gasteiger partial charge in [0.2, 0.25) is 0 Å². The molecule has 5 nitrogen and oxygen atoms in total. The van der Waals surface area contributed by atoms with Gasteiger partial charge in [-0.2, -0.15) is 0 Å². The van der Waals surface area contributed by atoms with Crippen molar-refractivity contribution in [3.8, 4) is 11.5 Å². The largest absolute Gasteiger partial charge is 0.494 e. The molecule has 0 aliphatic heterocycles. The van der Waals surface area contributed by atoms with E-state index in [1.165, 1.54) is 5.56 Å². The molecule has 0 amide bonds. The molecule has 3 aromatic carbocycles. The Bertz CT molecular complexity index is 996. The van der Waals surface area contributed by atoms with Gasteiger partial charge in [0.05, 0.1) is 24.3 Å². The first-order valence-corrected chi connectivity index (χ1v) is 10.9. The Morgan fingerprint density at radius 3 is 2.25 bits per heavy atom. The fourth-order valence-corrected chi connectivity index (χ4v) is 3.04. The number of hydrogen-bond donors (Lipinski definition) is 0. The van der Waals surface area contributed by atoms with Gasteiger partial charge in [-0.3, -0.25) is 0 Å². The van der Waals surface area contributed by atoms with Crippen molar-refractivity contribution in [2.24, 2.45) is 0 Å². The summed E-state index contributed by atoms with van der Waals surface area (Å²) in [5.41, 5.74) is 2.03. The number of carbonyl (C=O) groups excluding carboxylic acids is 2. The van der Waals surface area contributed by atoms with Gasteiger partial charge in [0.15, 0.2) is 0 Å². The van der Waals surface area contributed by atoms with E-state index < -0.39 is 11.9 Å². The lowest BCUT2D eigenvalue weighted by Gasteiger charge is -2.09. The van der Waals surface area contributed by atoms with Crippen LogP contribution in [0, 0.1) is 0 Å². The molecule has 0 radical (unpaired) electrons. The second-order valence-electron chi connectivity index (χ2n) is 7.37. The van der Waals surface area contributed by atoms with Gasteiger partial charge in [0.1, 0.15) is 11.5 Å². The van der Waals surface area contributed by atoms with Crippen molar-refractivity contribution < 1.29 is 23.8 Å². The molecular formula is C27H28O5. The van der Waals surface area contributed by atoms with Crippen molar-refractivity contribution in [2.75, 3.05) is 13.2 Å². The topological polar surface area (TPSA) is 61.8 Å². The summed E-state index contributed by atoms with van der Waals surface area (Å²) in [6, 6.07) is 23.3. The first-order valence-electron chi connectivity index (χ1n) is 10.9. The molecule has 0 heterocycles. The molecule has 0 aliphatic carbocycles. The predicted octanol–water partition coefficient (Wildman–Crippen LogP) is 5.87. The van der Waals surface area contributed by atoms with Crippen molar-refractivity contribution in [1.82, 2.24) is 0 Å². The summed E-state index contributed by atoms with van der Waals surface area (Å²) in [7, 11) is 0. The minimum Gasteiger partial charge on any atom is -0.494 e. The number of unbranched alkanes of at least 4 members (excludes halogenated alkanes) is 1. The maximum absolute atomic E-state index is 12.4. The number of carbonyl (C=O) groups is 2. The third-order valence-corrected chi connectivity index (χ3v) is 4.82. The van der Waals surface area contributed by atoms with Crippen molar-refractivity contribution in [2.45, 2.75) is 32.6 Å². The lowest BCUT2D eigenvalue weighted by molar-refractivity contribution is 0.0500. The third kappa shape index (κ3) is 7.27. The molecule has 0 saturated heterocycles. The predicted molar refractivity (Wildman–Crippen MR) is 123 cm³/mol. The molecule has 0 saturated carbocycles. The van der Waals surface area contributed by atoms with E-state index in [0.717, 1.165) is 25.7 Å². The zero-order chi connectivity index (χ0) is 22.6. The summed E-state index contributed by atoms with van der Waals surface area (Å²) in [4.78, 5) is 24.6. The van der Waals surface area contributed by atoms with Crippen LogP contribution in [0.5, 0.6) is 11.5 Å². The number of benzene rings is 3. The maximum atomic E-state index is 12.4. The Hall–Kier alpha value is -3.60. The molecule has 32 heavy (non-hydrogen) atoms. The van der Waals surface area contributed by atoms with Gasteiger partial charge >= 0.3 is 11.9 Å². The molecule has 0 aliphatic rings. The first kappa shape index (κ1) is 23.1. The van der Waals surface area contributed by atoms with Crippen LogP contribution in [-0.4, -0.2) is 25.2 Å². The SMILES string of the molecule is CCCCOc1cccc(C(=O)Oc2ccc(C(=O)OCCCc3ccccc3)cc2)c1. The Morgan fingerprint density at radius 2 is 1.50 bits per heavy atom. The molecular weight excluding hydrogens is 404 g/mol. The molecule has 0 aromatic heterocycles. The lowest BCUT2D eigenvalue weighted by Crippen LogP contribution is -2.10. The molecule has 3 aromatic rings. The minimum atomic E-state index is -0.484. The Balaban J connectivity index is 1.47. The highest BCUT2D eigenvalue weighted by molar-refractivity contribution is 5.92. The zero-order valence-electron chi connectivity index (χ0n) is 18.3. The van der Waals surface area contributed by atoms with Gasteiger partial charge in [-0.15, -0.1) is 0 Å². The molecule has 0 fully saturated rings. The van der Waals surface area contributed by atoms with E-state index in [4.69, 9.17) is 14.2 Å². The summed E-state index contributed by atoms with van der Waals surface area (Å²) < 4.78 is 16.4. The van der Waals surface area contributed by atoms with Crippen molar-refractivity contribution in [3.63, 3.8) is 0 Å². The van der Waals surface area contributed by atoms with Crippen LogP contribution in [0.3, 0.4) is 0 Å². The number of hydrogen-bond acceptors (Lipinski definition) is 5. The van der Waals surface area contributed by atoms with Crippen LogP contribution >= 0.6 is 0 Å². The molecule has 0 unspecified atom stereocenters. The van der Waals surface area contributed by atoms with E-state index in [1.807, 2.05) is 24.3 Å². The molecule has 166 valence electrons. The lowest BCUT2D eigenvalue weighted by atomic mass is 10.1. The standard InChI is InChI=1S/C27H28O5/c1-2-3-18-30-25-13-7-12-23(20-25)27(29)32-24-16-14-22(15-17-24)26(28)31-19-8-11-21-9-5-4-6-10-21/h4-7,9-10,12-17,20H,2-3,8,11,18-19H2,1H3. The van der Waals surface area contributed by atoms with Gasteiger partial charge in [0.25, 0.3) is 0 Å². The van der Waals surface area contributed by atoms with Crippen LogP contribution in [0.4, 0.5) is 0 Å². The average molecular weight is 433 g/mol. The second-order valence-corrected chi connectivity index (χ2v) is 7.37. The summed E-state index contributed by atoms with van der Waals surface area (Å²) >= 11 is 0. The number of aryl methyl sites for hydroxylation is 1. The highest BCUT2D eigenvalue weighted by Crippen LogP contribution is 2.18. The van der Waals surface area contributed by atoms with Gasteiger partial charge in [-0.1, -0.05) is 49.7 Å². The van der Waals surface area contributed by atoms with Crippen molar-refractivity contribution in [3.05, 3.63) is 95.6 Å². The van der Waals surface area contributed by atoms with Gasteiger partial charge in [-0.25, -0.2) is 9.59 Å². The Kier molecular flexibility index (Phi) is 8.87. The van der Waals surface area contributed by atoms with Crippen LogP contribution in [0.15, 0.2) is 78.9 Å². The van der Waals surface area contributed by atoms with Crippen molar-refractivity contribution >= 4 is 11.9 Å². The normalized spacial score (nSPS) is 10.4. The van der Waals surface area contributed by atoms with Crippen LogP contribution in [-0.2, 0) is 11.2 Å². The summed E-state index contributed by atoms with van der Waals surface area (Å²) in [6.07, 6.45) is 3.61. The second kappa shape index (κ2) is 12.3. The van der Waals surface area contributed by atoms with Crippen LogP contribution in [0.25, 0.3) is 0 Å². The quantitative estimate of drug-likeness (QED) is 0.215. The molecule has 0 bridgehead atoms. The maximum Gasteiger partial charge on any atom is 0.343 e. The molecule has 0 N–H and O–H groups in total. The molecule has 3 rings (SSSR count). The molecule has 0 spiro atoms. The monoisotopic (exact) mass is 432 g/mol. The van der Waals surface area contributed by atoms with E-state index in [0.29, 0.717) is 35.8 Å². The van der Waals surface area contributed by atoms with E-state index in [2.05, 4.69) is 19.1 Å². The summed E-state index contributed by atoms with van der Waals surface area (Å²) in [6.45, 7) is 3.05. The zero-order valence-corrected chi connectivity index (χ0v) is 18.3. The van der Waals surface area contributed by atoms with E-state index in [9.17, 15) is 9.59 Å². The summed E-state index contributed by atoms with van der Waals surface area (Å²) in [5, 5.41) is 0. The fourth-order valence-electron chi connectivity index (χ4n) is 3.04. The Morgan fingerprint density at radius 1 is 0.719 bits per heavy atom. The Labute approximate surface area is 188 Å². The number of rotatable bonds is 11. The van der Waals surface area contributed by atoms with Crippen LogP contribution < -0.4 is 9.47 Å². The average Bonchev–Trinajstić information content (AvgIpc) is 2.83. The number of esters is 2. The fraction of sp³-hybridized carbons (Fsp3) is 0.259. The molecule has 0 atom stereocenters. The summed E-state index contributed by atoms with van der Waals surface area (Å²) in [5.74, 6) is 0.112.